The highest BCUT2D eigenvalue weighted by Gasteiger charge is 2.35. The van der Waals surface area contributed by atoms with Gasteiger partial charge in [-0.3, -0.25) is 0 Å². The van der Waals surface area contributed by atoms with Gasteiger partial charge in [-0.25, -0.2) is 0 Å². The smallest absolute Gasteiger partial charge is 0.0619 e. The largest absolute Gasteiger partial charge is 0.307 e. The Morgan fingerprint density at radius 1 is 0.429 bits per heavy atom. The van der Waals surface area contributed by atoms with Gasteiger partial charge in [-0.05, 0) is 91.7 Å². The van der Waals surface area contributed by atoms with Crippen molar-refractivity contribution in [1.29, 1.82) is 0 Å². The third-order valence-electron chi connectivity index (χ3n) is 10.6. The van der Waals surface area contributed by atoms with Gasteiger partial charge in [-0.1, -0.05) is 153 Å². The van der Waals surface area contributed by atoms with Crippen LogP contribution in [0.1, 0.15) is 25.0 Å². The molecule has 2 aliphatic rings. The number of hydrogen-bond acceptors (Lipinski definition) is 2. The van der Waals surface area contributed by atoms with Crippen molar-refractivity contribution in [3.05, 3.63) is 175 Å². The number of para-hydroxylation sites is 2. The zero-order chi connectivity index (χ0) is 32.7. The van der Waals surface area contributed by atoms with Gasteiger partial charge in [0.15, 0.2) is 0 Å². The van der Waals surface area contributed by atoms with E-state index in [1.54, 1.807) is 0 Å². The van der Waals surface area contributed by atoms with Gasteiger partial charge in [0.2, 0.25) is 0 Å². The first-order valence-corrected chi connectivity index (χ1v) is 17.8. The molecule has 0 N–H and O–H groups in total. The molecular formula is C47H33NS. The molecule has 0 saturated carbocycles. The van der Waals surface area contributed by atoms with Crippen LogP contribution in [-0.4, -0.2) is 0 Å². The summed E-state index contributed by atoms with van der Waals surface area (Å²) in [5, 5.41) is 5.00. The Balaban J connectivity index is 1.33. The van der Waals surface area contributed by atoms with E-state index in [4.69, 9.17) is 0 Å². The van der Waals surface area contributed by atoms with Crippen molar-refractivity contribution >= 4 is 50.4 Å². The van der Waals surface area contributed by atoms with Crippen LogP contribution in [0.3, 0.4) is 0 Å². The molecular weight excluding hydrogens is 611 g/mol. The van der Waals surface area contributed by atoms with Gasteiger partial charge < -0.3 is 4.90 Å². The van der Waals surface area contributed by atoms with E-state index in [9.17, 15) is 0 Å². The van der Waals surface area contributed by atoms with Crippen molar-refractivity contribution in [2.45, 2.75) is 29.1 Å². The second kappa shape index (κ2) is 10.7. The van der Waals surface area contributed by atoms with E-state index in [1.807, 2.05) is 11.8 Å². The predicted molar refractivity (Wildman–Crippen MR) is 209 cm³/mol. The zero-order valence-corrected chi connectivity index (χ0v) is 28.3. The van der Waals surface area contributed by atoms with E-state index in [2.05, 4.69) is 183 Å². The van der Waals surface area contributed by atoms with Crippen LogP contribution in [0.25, 0.3) is 54.9 Å². The number of nitrogens with zero attached hydrogens (tertiary/aromatic N) is 1. The molecule has 0 unspecified atom stereocenters. The third-order valence-corrected chi connectivity index (χ3v) is 11.8. The molecule has 0 radical (unpaired) electrons. The Morgan fingerprint density at radius 2 is 1.02 bits per heavy atom. The number of fused-ring (bicyclic) bond motifs is 7. The monoisotopic (exact) mass is 643 g/mol. The molecule has 49 heavy (non-hydrogen) atoms. The summed E-state index contributed by atoms with van der Waals surface area (Å²) in [6, 6.07) is 60.7. The summed E-state index contributed by atoms with van der Waals surface area (Å²) >= 11 is 1.86. The summed E-state index contributed by atoms with van der Waals surface area (Å²) < 4.78 is 0. The lowest BCUT2D eigenvalue weighted by Gasteiger charge is -2.35. The van der Waals surface area contributed by atoms with Crippen molar-refractivity contribution in [1.82, 2.24) is 0 Å². The van der Waals surface area contributed by atoms with Crippen LogP contribution in [0.4, 0.5) is 17.1 Å². The van der Waals surface area contributed by atoms with Gasteiger partial charge in [0.1, 0.15) is 0 Å². The molecule has 2 heteroatoms. The molecule has 1 nitrogen and oxygen atoms in total. The standard InChI is InChI=1S/C47H33NS/c1-47(2)39-19-9-8-16-33(39)37-29-32(25-27-40(37)47)45-34-17-6-7-18-35(34)46(36-26-24-31(28-38(36)45)30-14-4-3-5-15-30)48-41-20-10-12-22-43(41)49-44-23-13-11-21-42(44)48/h3-29H,1-2H3. The summed E-state index contributed by atoms with van der Waals surface area (Å²) in [5.41, 5.74) is 14.1. The lowest BCUT2D eigenvalue weighted by Crippen LogP contribution is -2.16. The van der Waals surface area contributed by atoms with E-state index in [0.717, 1.165) is 0 Å². The first kappa shape index (κ1) is 28.4. The van der Waals surface area contributed by atoms with E-state index in [0.29, 0.717) is 0 Å². The molecule has 0 spiro atoms. The summed E-state index contributed by atoms with van der Waals surface area (Å²) in [6.07, 6.45) is 0. The van der Waals surface area contributed by atoms with E-state index in [-0.39, 0.29) is 5.41 Å². The Bertz CT molecular complexity index is 2570. The van der Waals surface area contributed by atoms with E-state index < -0.39 is 0 Å². The van der Waals surface area contributed by atoms with Gasteiger partial charge in [0, 0.05) is 26.0 Å². The molecule has 1 aliphatic carbocycles. The van der Waals surface area contributed by atoms with Crippen molar-refractivity contribution in [3.8, 4) is 33.4 Å². The molecule has 10 rings (SSSR count). The molecule has 0 aromatic heterocycles. The first-order valence-electron chi connectivity index (χ1n) is 17.0. The second-order valence-electron chi connectivity index (χ2n) is 13.7. The summed E-state index contributed by atoms with van der Waals surface area (Å²) in [6.45, 7) is 4.71. The SMILES string of the molecule is CC1(C)c2ccccc2-c2cc(-c3c4ccccc4c(N4c5ccccc5Sc5ccccc54)c4ccc(-c5ccccc5)cc34)ccc21. The Kier molecular flexibility index (Phi) is 6.22. The summed E-state index contributed by atoms with van der Waals surface area (Å²) in [5.74, 6) is 0. The zero-order valence-electron chi connectivity index (χ0n) is 27.4. The Labute approximate surface area is 291 Å². The number of anilines is 3. The maximum Gasteiger partial charge on any atom is 0.0619 e. The van der Waals surface area contributed by atoms with Crippen molar-refractivity contribution in [2.24, 2.45) is 0 Å². The molecule has 8 aromatic carbocycles. The normalized spacial score (nSPS) is 14.0. The molecule has 1 heterocycles. The van der Waals surface area contributed by atoms with Gasteiger partial charge in [-0.15, -0.1) is 0 Å². The lowest BCUT2D eigenvalue weighted by atomic mass is 9.81. The average Bonchev–Trinajstić information content (AvgIpc) is 3.38. The summed E-state index contributed by atoms with van der Waals surface area (Å²) in [7, 11) is 0. The van der Waals surface area contributed by atoms with Crippen molar-refractivity contribution < 1.29 is 0 Å². The van der Waals surface area contributed by atoms with Crippen molar-refractivity contribution in [3.63, 3.8) is 0 Å². The molecule has 0 amide bonds. The fourth-order valence-electron chi connectivity index (χ4n) is 8.34. The fraction of sp³-hybridized carbons (Fsp3) is 0.0638. The molecule has 0 bridgehead atoms. The molecule has 232 valence electrons. The maximum atomic E-state index is 2.51. The highest BCUT2D eigenvalue weighted by atomic mass is 32.2. The molecule has 0 saturated heterocycles. The minimum Gasteiger partial charge on any atom is -0.307 e. The minimum atomic E-state index is -0.0357. The highest BCUT2D eigenvalue weighted by molar-refractivity contribution is 7.99. The molecule has 0 fully saturated rings. The minimum absolute atomic E-state index is 0.0357. The quantitative estimate of drug-likeness (QED) is 0.176. The molecule has 8 aromatic rings. The van der Waals surface area contributed by atoms with Crippen LogP contribution in [-0.2, 0) is 5.41 Å². The highest BCUT2D eigenvalue weighted by Crippen LogP contribution is 2.56. The number of hydrogen-bond donors (Lipinski definition) is 0. The van der Waals surface area contributed by atoms with Crippen LogP contribution in [0.15, 0.2) is 174 Å². The Morgan fingerprint density at radius 3 is 1.80 bits per heavy atom. The van der Waals surface area contributed by atoms with E-state index >= 15 is 0 Å². The summed E-state index contributed by atoms with van der Waals surface area (Å²) in [4.78, 5) is 5.05. The van der Waals surface area contributed by atoms with Gasteiger partial charge in [0.05, 0.1) is 17.1 Å². The van der Waals surface area contributed by atoms with Crippen LogP contribution in [0.5, 0.6) is 0 Å². The number of benzene rings is 8. The topological polar surface area (TPSA) is 3.24 Å². The van der Waals surface area contributed by atoms with E-state index in [1.165, 1.54) is 92.9 Å². The average molecular weight is 644 g/mol. The van der Waals surface area contributed by atoms with Gasteiger partial charge in [-0.2, -0.15) is 0 Å². The van der Waals surface area contributed by atoms with Crippen LogP contribution in [0.2, 0.25) is 0 Å². The fourth-order valence-corrected chi connectivity index (χ4v) is 9.40. The molecule has 0 atom stereocenters. The number of rotatable bonds is 3. The molecule has 1 aliphatic heterocycles. The maximum absolute atomic E-state index is 2.51. The lowest BCUT2D eigenvalue weighted by molar-refractivity contribution is 0.660. The van der Waals surface area contributed by atoms with Crippen LogP contribution < -0.4 is 4.90 Å². The van der Waals surface area contributed by atoms with Gasteiger partial charge >= 0.3 is 0 Å². The predicted octanol–water partition coefficient (Wildman–Crippen LogP) is 13.6. The van der Waals surface area contributed by atoms with Crippen LogP contribution in [0, 0.1) is 0 Å². The first-order chi connectivity index (χ1) is 24.1. The van der Waals surface area contributed by atoms with Gasteiger partial charge in [0.25, 0.3) is 0 Å². The van der Waals surface area contributed by atoms with Crippen molar-refractivity contribution in [2.75, 3.05) is 4.90 Å². The Hall–Kier alpha value is -5.57. The second-order valence-corrected chi connectivity index (χ2v) is 14.8. The third kappa shape index (κ3) is 4.20. The van der Waals surface area contributed by atoms with Crippen LogP contribution >= 0.6 is 11.8 Å².